The molecule has 0 saturated heterocycles. The number of carbonyl (C=O) groups excluding carboxylic acids is 1. The summed E-state index contributed by atoms with van der Waals surface area (Å²) >= 11 is 6.00. The Balaban J connectivity index is 1.70. The van der Waals surface area contributed by atoms with E-state index in [0.717, 1.165) is 28.3 Å². The number of nitrogens with two attached hydrogens (primary N) is 1. The number of carbonyl (C=O) groups is 1. The van der Waals surface area contributed by atoms with Crippen molar-refractivity contribution >= 4 is 17.5 Å². The highest BCUT2D eigenvalue weighted by Gasteiger charge is 2.06. The summed E-state index contributed by atoms with van der Waals surface area (Å²) in [6, 6.07) is 13.2. The van der Waals surface area contributed by atoms with Gasteiger partial charge in [-0.15, -0.1) is 0 Å². The maximum atomic E-state index is 11.2. The fourth-order valence-electron chi connectivity index (χ4n) is 2.33. The fourth-order valence-corrected chi connectivity index (χ4v) is 2.54. The molecule has 0 bridgehead atoms. The van der Waals surface area contributed by atoms with Crippen molar-refractivity contribution in [1.29, 1.82) is 0 Å². The zero-order chi connectivity index (χ0) is 16.9. The number of amides is 1. The van der Waals surface area contributed by atoms with Gasteiger partial charge >= 0.3 is 0 Å². The topological polar surface area (TPSA) is 81.8 Å². The van der Waals surface area contributed by atoms with Crippen LogP contribution in [0.3, 0.4) is 0 Å². The quantitative estimate of drug-likeness (QED) is 0.775. The predicted molar refractivity (Wildman–Crippen MR) is 91.9 cm³/mol. The maximum Gasteiger partial charge on any atom is 0.267 e. The highest BCUT2D eigenvalue weighted by Crippen LogP contribution is 2.15. The van der Waals surface area contributed by atoms with Crippen LogP contribution in [0.2, 0.25) is 5.02 Å². The summed E-state index contributed by atoms with van der Waals surface area (Å²) < 4.78 is 0. The van der Waals surface area contributed by atoms with Crippen LogP contribution in [0, 0.1) is 0 Å². The van der Waals surface area contributed by atoms with Crippen molar-refractivity contribution in [2.75, 3.05) is 0 Å². The first-order chi connectivity index (χ1) is 11.6. The fraction of sp³-hybridized carbons (Fsp3) is 0.111. The summed E-state index contributed by atoms with van der Waals surface area (Å²) in [6.45, 7) is 0. The van der Waals surface area contributed by atoms with Crippen LogP contribution in [0.25, 0.3) is 0 Å². The summed E-state index contributed by atoms with van der Waals surface area (Å²) in [5.41, 5.74) is 8.48. The Morgan fingerprint density at radius 3 is 2.62 bits per heavy atom. The summed E-state index contributed by atoms with van der Waals surface area (Å²) in [5, 5.41) is 0.726. The van der Waals surface area contributed by atoms with Gasteiger partial charge in [0.1, 0.15) is 11.5 Å². The van der Waals surface area contributed by atoms with Crippen molar-refractivity contribution in [3.63, 3.8) is 0 Å². The molecular weight excluding hydrogens is 324 g/mol. The average Bonchev–Trinajstić information content (AvgIpc) is 2.57. The molecular formula is C18H15ClN4O. The van der Waals surface area contributed by atoms with Crippen LogP contribution in [0.1, 0.15) is 33.1 Å². The predicted octanol–water partition coefficient (Wildman–Crippen LogP) is 2.81. The van der Waals surface area contributed by atoms with Crippen LogP contribution < -0.4 is 5.73 Å². The minimum absolute atomic E-state index is 0.206. The van der Waals surface area contributed by atoms with Crippen molar-refractivity contribution in [3.05, 3.63) is 88.2 Å². The van der Waals surface area contributed by atoms with Gasteiger partial charge in [0.05, 0.1) is 6.42 Å². The molecule has 0 aliphatic heterocycles. The highest BCUT2D eigenvalue weighted by atomic mass is 35.5. The molecule has 1 aromatic carbocycles. The van der Waals surface area contributed by atoms with Crippen LogP contribution in [0.5, 0.6) is 0 Å². The second kappa shape index (κ2) is 7.19. The maximum absolute atomic E-state index is 11.2. The second-order valence-corrected chi connectivity index (χ2v) is 5.80. The lowest BCUT2D eigenvalue weighted by molar-refractivity contribution is 0.0995. The van der Waals surface area contributed by atoms with E-state index in [1.54, 1.807) is 0 Å². The van der Waals surface area contributed by atoms with Crippen LogP contribution in [0.15, 0.2) is 54.9 Å². The zero-order valence-electron chi connectivity index (χ0n) is 12.8. The van der Waals surface area contributed by atoms with Crippen molar-refractivity contribution in [1.82, 2.24) is 15.0 Å². The van der Waals surface area contributed by atoms with E-state index >= 15 is 0 Å². The molecule has 2 heterocycles. The van der Waals surface area contributed by atoms with Crippen LogP contribution in [-0.2, 0) is 12.8 Å². The van der Waals surface area contributed by atoms with Crippen molar-refractivity contribution in [2.45, 2.75) is 12.8 Å². The largest absolute Gasteiger partial charge is 0.364 e. The highest BCUT2D eigenvalue weighted by molar-refractivity contribution is 6.30. The van der Waals surface area contributed by atoms with Crippen LogP contribution in [-0.4, -0.2) is 20.9 Å². The first-order valence-corrected chi connectivity index (χ1v) is 7.78. The number of primary amides is 1. The molecule has 3 aromatic rings. The molecule has 6 heteroatoms. The summed E-state index contributed by atoms with van der Waals surface area (Å²) in [7, 11) is 0. The lowest BCUT2D eigenvalue weighted by atomic mass is 10.1. The average molecular weight is 339 g/mol. The standard InChI is InChI=1S/C18H15ClN4O/c19-14-3-1-2-12(9-14)8-13-4-5-15(22-11-13)10-17-21-7-6-16(23-17)18(20)24/h1-7,9,11H,8,10H2,(H2,20,24). The first kappa shape index (κ1) is 16.1. The van der Waals surface area contributed by atoms with E-state index < -0.39 is 5.91 Å². The monoisotopic (exact) mass is 338 g/mol. The Hall–Kier alpha value is -2.79. The summed E-state index contributed by atoms with van der Waals surface area (Å²) in [4.78, 5) is 23.9. The van der Waals surface area contributed by atoms with E-state index in [2.05, 4.69) is 15.0 Å². The van der Waals surface area contributed by atoms with Crippen molar-refractivity contribution < 1.29 is 4.79 Å². The smallest absolute Gasteiger partial charge is 0.267 e. The van der Waals surface area contributed by atoms with Gasteiger partial charge < -0.3 is 5.73 Å². The van der Waals surface area contributed by atoms with Crippen LogP contribution in [0.4, 0.5) is 0 Å². The summed E-state index contributed by atoms with van der Waals surface area (Å²) in [6.07, 6.45) is 4.56. The normalized spacial score (nSPS) is 10.5. The Kier molecular flexibility index (Phi) is 4.82. The minimum atomic E-state index is -0.566. The van der Waals surface area contributed by atoms with Crippen LogP contribution >= 0.6 is 11.6 Å². The van der Waals surface area contributed by atoms with Crippen molar-refractivity contribution in [3.8, 4) is 0 Å². The van der Waals surface area contributed by atoms with Gasteiger partial charge in [-0.05, 0) is 41.8 Å². The molecule has 0 unspecified atom stereocenters. The number of benzene rings is 1. The molecule has 0 fully saturated rings. The lowest BCUT2D eigenvalue weighted by Gasteiger charge is -2.05. The third-order valence-electron chi connectivity index (χ3n) is 3.48. The number of hydrogen-bond acceptors (Lipinski definition) is 4. The van der Waals surface area contributed by atoms with Gasteiger partial charge in [-0.1, -0.05) is 29.8 Å². The van der Waals surface area contributed by atoms with Gasteiger partial charge in [0.2, 0.25) is 0 Å². The van der Waals surface area contributed by atoms with Gasteiger partial charge in [-0.25, -0.2) is 9.97 Å². The number of rotatable bonds is 5. The Labute approximate surface area is 144 Å². The third kappa shape index (κ3) is 4.14. The van der Waals surface area contributed by atoms with E-state index in [9.17, 15) is 4.79 Å². The first-order valence-electron chi connectivity index (χ1n) is 7.40. The van der Waals surface area contributed by atoms with E-state index in [0.29, 0.717) is 12.2 Å². The zero-order valence-corrected chi connectivity index (χ0v) is 13.6. The molecule has 120 valence electrons. The second-order valence-electron chi connectivity index (χ2n) is 5.36. The Morgan fingerprint density at radius 1 is 1.04 bits per heavy atom. The number of hydrogen-bond donors (Lipinski definition) is 1. The molecule has 5 nitrogen and oxygen atoms in total. The molecule has 0 aliphatic carbocycles. The van der Waals surface area contributed by atoms with Gasteiger partial charge in [0.15, 0.2) is 0 Å². The molecule has 0 saturated carbocycles. The lowest BCUT2D eigenvalue weighted by Crippen LogP contribution is -2.14. The molecule has 1 amide bonds. The number of pyridine rings is 1. The third-order valence-corrected chi connectivity index (χ3v) is 3.72. The molecule has 0 spiro atoms. The molecule has 2 aromatic heterocycles. The van der Waals surface area contributed by atoms with E-state index in [1.165, 1.54) is 12.3 Å². The molecule has 2 N–H and O–H groups in total. The number of nitrogens with zero attached hydrogens (tertiary/aromatic N) is 3. The molecule has 0 atom stereocenters. The van der Waals surface area contributed by atoms with Gasteiger partial charge in [0, 0.05) is 23.1 Å². The van der Waals surface area contributed by atoms with E-state index in [1.807, 2.05) is 42.6 Å². The number of halogens is 1. The molecule has 0 radical (unpaired) electrons. The molecule has 24 heavy (non-hydrogen) atoms. The summed E-state index contributed by atoms with van der Waals surface area (Å²) in [5.74, 6) is -0.0510. The van der Waals surface area contributed by atoms with E-state index in [-0.39, 0.29) is 5.69 Å². The SMILES string of the molecule is NC(=O)c1ccnc(Cc2ccc(Cc3cccc(Cl)c3)cn2)n1. The molecule has 0 aliphatic rings. The Morgan fingerprint density at radius 2 is 1.92 bits per heavy atom. The Bertz CT molecular complexity index is 865. The van der Waals surface area contributed by atoms with Crippen molar-refractivity contribution in [2.24, 2.45) is 5.73 Å². The molecule has 3 rings (SSSR count). The van der Waals surface area contributed by atoms with Gasteiger partial charge in [0.25, 0.3) is 5.91 Å². The minimum Gasteiger partial charge on any atom is -0.364 e. The van der Waals surface area contributed by atoms with E-state index in [4.69, 9.17) is 17.3 Å². The number of aromatic nitrogens is 3. The van der Waals surface area contributed by atoms with Gasteiger partial charge in [-0.2, -0.15) is 0 Å². The van der Waals surface area contributed by atoms with Gasteiger partial charge in [-0.3, -0.25) is 9.78 Å².